The number of nitrogens with zero attached hydrogens (tertiary/aromatic N) is 3. The Labute approximate surface area is 153 Å². The molecule has 1 N–H and O–H groups in total. The fourth-order valence-corrected chi connectivity index (χ4v) is 3.76. The summed E-state index contributed by atoms with van der Waals surface area (Å²) in [4.78, 5) is 26.6. The third-order valence-corrected chi connectivity index (χ3v) is 5.38. The van der Waals surface area contributed by atoms with E-state index in [1.165, 1.54) is 10.9 Å². The van der Waals surface area contributed by atoms with Crippen molar-refractivity contribution in [3.05, 3.63) is 69.5 Å². The Morgan fingerprint density at radius 2 is 2.15 bits per heavy atom. The second-order valence-corrected chi connectivity index (χ2v) is 7.27. The van der Waals surface area contributed by atoms with E-state index in [1.54, 1.807) is 0 Å². The number of aryl methyl sites for hydroxylation is 1. The maximum Gasteiger partial charge on any atom is 0.254 e. The zero-order chi connectivity index (χ0) is 18.1. The van der Waals surface area contributed by atoms with E-state index >= 15 is 0 Å². The molecule has 2 aromatic heterocycles. The average molecular weight is 348 g/mol. The van der Waals surface area contributed by atoms with Crippen molar-refractivity contribution in [2.24, 2.45) is 0 Å². The van der Waals surface area contributed by atoms with Crippen molar-refractivity contribution in [2.45, 2.75) is 39.2 Å². The molecular weight excluding hydrogens is 324 g/mol. The summed E-state index contributed by atoms with van der Waals surface area (Å²) in [5.41, 5.74) is 3.87. The predicted molar refractivity (Wildman–Crippen MR) is 103 cm³/mol. The maximum atomic E-state index is 12.1. The lowest BCUT2D eigenvalue weighted by Crippen LogP contribution is -2.35. The summed E-state index contributed by atoms with van der Waals surface area (Å²) < 4.78 is 0. The van der Waals surface area contributed by atoms with Gasteiger partial charge < -0.3 is 4.98 Å². The van der Waals surface area contributed by atoms with Crippen molar-refractivity contribution in [1.82, 2.24) is 19.9 Å². The zero-order valence-electron chi connectivity index (χ0n) is 15.3. The normalized spacial score (nSPS) is 18.3. The molecule has 0 radical (unpaired) electrons. The Bertz CT molecular complexity index is 995. The number of pyridine rings is 1. The van der Waals surface area contributed by atoms with Crippen LogP contribution in [0.4, 0.5) is 0 Å². The van der Waals surface area contributed by atoms with E-state index in [0.29, 0.717) is 5.56 Å². The number of likely N-dealkylation sites (tertiary alicyclic amines) is 1. The van der Waals surface area contributed by atoms with Crippen molar-refractivity contribution in [1.29, 1.82) is 0 Å². The number of rotatable bonds is 3. The topological polar surface area (TPSA) is 61.9 Å². The first-order valence-corrected chi connectivity index (χ1v) is 9.23. The lowest BCUT2D eigenvalue weighted by atomic mass is 9.96. The minimum atomic E-state index is -0.00773. The van der Waals surface area contributed by atoms with Gasteiger partial charge in [-0.2, -0.15) is 0 Å². The lowest BCUT2D eigenvalue weighted by molar-refractivity contribution is 0.196. The summed E-state index contributed by atoms with van der Waals surface area (Å²) in [7, 11) is 0. The van der Waals surface area contributed by atoms with Crippen molar-refractivity contribution in [2.75, 3.05) is 13.1 Å². The van der Waals surface area contributed by atoms with Crippen molar-refractivity contribution in [3.8, 4) is 0 Å². The molecule has 0 amide bonds. The minimum Gasteiger partial charge on any atom is -0.310 e. The van der Waals surface area contributed by atoms with Crippen LogP contribution in [0.25, 0.3) is 10.9 Å². The number of aromatic amines is 1. The van der Waals surface area contributed by atoms with Crippen molar-refractivity contribution >= 4 is 10.9 Å². The highest BCUT2D eigenvalue weighted by Crippen LogP contribution is 2.26. The van der Waals surface area contributed by atoms with Crippen LogP contribution in [0.15, 0.2) is 41.3 Å². The molecule has 1 aromatic carbocycles. The Hall–Kier alpha value is -2.53. The number of aromatic nitrogens is 3. The van der Waals surface area contributed by atoms with E-state index in [-0.39, 0.29) is 11.5 Å². The molecule has 1 atom stereocenters. The number of nitrogens with one attached hydrogen (secondary N) is 1. The molecule has 0 spiro atoms. The van der Waals surface area contributed by atoms with Gasteiger partial charge in [0.15, 0.2) is 0 Å². The molecule has 0 saturated carbocycles. The summed E-state index contributed by atoms with van der Waals surface area (Å²) in [6.07, 6.45) is 4.02. The first-order valence-electron chi connectivity index (χ1n) is 9.23. The number of H-pyrrole nitrogens is 1. The van der Waals surface area contributed by atoms with Crippen LogP contribution in [0.5, 0.6) is 0 Å². The van der Waals surface area contributed by atoms with E-state index in [1.807, 2.05) is 26.1 Å². The Balaban J connectivity index is 1.52. The van der Waals surface area contributed by atoms with E-state index in [0.717, 1.165) is 49.5 Å². The van der Waals surface area contributed by atoms with E-state index in [4.69, 9.17) is 0 Å². The first kappa shape index (κ1) is 16.9. The van der Waals surface area contributed by atoms with E-state index in [9.17, 15) is 4.79 Å². The highest BCUT2D eigenvalue weighted by molar-refractivity contribution is 5.78. The van der Waals surface area contributed by atoms with Gasteiger partial charge >= 0.3 is 0 Å². The predicted octanol–water partition coefficient (Wildman–Crippen LogP) is 3.31. The van der Waals surface area contributed by atoms with Crippen LogP contribution in [-0.2, 0) is 6.54 Å². The molecule has 1 aliphatic rings. The number of hydrogen-bond donors (Lipinski definition) is 1. The van der Waals surface area contributed by atoms with Gasteiger partial charge in [0.05, 0.1) is 5.52 Å². The van der Waals surface area contributed by atoms with Gasteiger partial charge in [-0.1, -0.05) is 12.1 Å². The van der Waals surface area contributed by atoms with Gasteiger partial charge in [-0.25, -0.2) is 4.98 Å². The van der Waals surface area contributed by atoms with Crippen LogP contribution < -0.4 is 5.56 Å². The highest BCUT2D eigenvalue weighted by atomic mass is 16.1. The third kappa shape index (κ3) is 3.40. The van der Waals surface area contributed by atoms with Gasteiger partial charge in [0.25, 0.3) is 5.56 Å². The average Bonchev–Trinajstić information content (AvgIpc) is 2.66. The van der Waals surface area contributed by atoms with E-state index < -0.39 is 0 Å². The van der Waals surface area contributed by atoms with Crippen LogP contribution >= 0.6 is 0 Å². The van der Waals surface area contributed by atoms with Gasteiger partial charge in [0, 0.05) is 41.8 Å². The number of fused-ring (bicyclic) bond motifs is 1. The van der Waals surface area contributed by atoms with Gasteiger partial charge in [-0.3, -0.25) is 14.7 Å². The first-order chi connectivity index (χ1) is 12.6. The van der Waals surface area contributed by atoms with Gasteiger partial charge in [-0.05, 0) is 57.0 Å². The summed E-state index contributed by atoms with van der Waals surface area (Å²) in [5.74, 6) is 1.13. The SMILES string of the molecule is Cc1nc([C@@H]2CCCN(Cc3ccc4ncccc4c3)C2)[nH]c(=O)c1C. The van der Waals surface area contributed by atoms with Crippen LogP contribution in [0.3, 0.4) is 0 Å². The molecule has 134 valence electrons. The fourth-order valence-electron chi connectivity index (χ4n) is 3.76. The van der Waals surface area contributed by atoms with Crippen LogP contribution in [0.1, 0.15) is 41.4 Å². The second-order valence-electron chi connectivity index (χ2n) is 7.27. The number of benzene rings is 1. The Morgan fingerprint density at radius 3 is 3.00 bits per heavy atom. The maximum absolute atomic E-state index is 12.1. The molecule has 5 heteroatoms. The molecule has 1 saturated heterocycles. The van der Waals surface area contributed by atoms with Gasteiger partial charge in [0.2, 0.25) is 0 Å². The third-order valence-electron chi connectivity index (χ3n) is 5.38. The lowest BCUT2D eigenvalue weighted by Gasteiger charge is -2.32. The van der Waals surface area contributed by atoms with Crippen LogP contribution in [-0.4, -0.2) is 32.9 Å². The summed E-state index contributed by atoms with van der Waals surface area (Å²) in [6, 6.07) is 10.6. The molecular formula is C21H24N4O. The van der Waals surface area contributed by atoms with E-state index in [2.05, 4.69) is 44.1 Å². The van der Waals surface area contributed by atoms with Gasteiger partial charge in [-0.15, -0.1) is 0 Å². The highest BCUT2D eigenvalue weighted by Gasteiger charge is 2.24. The molecule has 3 aromatic rings. The fraction of sp³-hybridized carbons (Fsp3) is 0.381. The molecule has 5 nitrogen and oxygen atoms in total. The molecule has 26 heavy (non-hydrogen) atoms. The smallest absolute Gasteiger partial charge is 0.254 e. The largest absolute Gasteiger partial charge is 0.310 e. The zero-order valence-corrected chi connectivity index (χ0v) is 15.3. The molecule has 3 heterocycles. The molecule has 1 fully saturated rings. The number of hydrogen-bond acceptors (Lipinski definition) is 4. The second kappa shape index (κ2) is 7.00. The van der Waals surface area contributed by atoms with Crippen molar-refractivity contribution in [3.63, 3.8) is 0 Å². The van der Waals surface area contributed by atoms with Gasteiger partial charge in [0.1, 0.15) is 5.82 Å². The minimum absolute atomic E-state index is 0.00773. The van der Waals surface area contributed by atoms with Crippen LogP contribution in [0.2, 0.25) is 0 Å². The standard InChI is InChI=1S/C21H24N4O/c1-14-15(2)23-20(24-21(14)26)18-6-4-10-25(13-18)12-16-7-8-19-17(11-16)5-3-9-22-19/h3,5,7-9,11,18H,4,6,10,12-13H2,1-2H3,(H,23,24,26)/t18-/m1/s1. The summed E-state index contributed by atoms with van der Waals surface area (Å²) in [5, 5.41) is 1.18. The number of piperidine rings is 1. The Morgan fingerprint density at radius 1 is 1.27 bits per heavy atom. The molecule has 0 unspecified atom stereocenters. The molecule has 1 aliphatic heterocycles. The molecule has 0 aliphatic carbocycles. The van der Waals surface area contributed by atoms with Crippen LogP contribution in [0, 0.1) is 13.8 Å². The monoisotopic (exact) mass is 348 g/mol. The summed E-state index contributed by atoms with van der Waals surface area (Å²) >= 11 is 0. The molecule has 0 bridgehead atoms. The Kier molecular flexibility index (Phi) is 4.55. The quantitative estimate of drug-likeness (QED) is 0.789. The van der Waals surface area contributed by atoms with Crippen molar-refractivity contribution < 1.29 is 0 Å². The summed E-state index contributed by atoms with van der Waals surface area (Å²) in [6.45, 7) is 6.66. The molecule has 4 rings (SSSR count).